The lowest BCUT2D eigenvalue weighted by atomic mass is 10.0. The number of hydrogen-bond donors (Lipinski definition) is 0. The SMILES string of the molecule is c1ccc(-n2c3ccccc3c3cc(-n4c5ccccc5c5cc6ccc7c8ccccc8n(-c8ccccc8)c7c6cc54)ccc32)cc1. The molecule has 0 aliphatic carbocycles. The molecule has 0 atom stereocenters. The van der Waals surface area contributed by atoms with Crippen LogP contribution < -0.4 is 0 Å². The maximum Gasteiger partial charge on any atom is 0.0620 e. The van der Waals surface area contributed by atoms with Crippen LogP contribution in [-0.2, 0) is 0 Å². The molecule has 228 valence electrons. The van der Waals surface area contributed by atoms with Crippen molar-refractivity contribution in [1.82, 2.24) is 13.7 Å². The zero-order valence-electron chi connectivity index (χ0n) is 26.6. The highest BCUT2D eigenvalue weighted by Gasteiger charge is 2.19. The number of nitrogens with zero attached hydrogens (tertiary/aromatic N) is 3. The summed E-state index contributed by atoms with van der Waals surface area (Å²) in [6.45, 7) is 0. The van der Waals surface area contributed by atoms with Gasteiger partial charge < -0.3 is 13.7 Å². The van der Waals surface area contributed by atoms with E-state index in [0.29, 0.717) is 0 Å². The van der Waals surface area contributed by atoms with Crippen molar-refractivity contribution in [3.8, 4) is 17.1 Å². The molecular weight excluding hydrogens is 595 g/mol. The molecule has 0 saturated carbocycles. The van der Waals surface area contributed by atoms with E-state index < -0.39 is 0 Å². The Balaban J connectivity index is 1.26. The molecule has 0 saturated heterocycles. The Hall–Kier alpha value is -6.58. The molecule has 0 aliphatic rings. The van der Waals surface area contributed by atoms with Crippen LogP contribution in [0, 0.1) is 0 Å². The first kappa shape index (κ1) is 26.5. The van der Waals surface area contributed by atoms with Gasteiger partial charge in [0.1, 0.15) is 0 Å². The molecule has 3 heterocycles. The number of para-hydroxylation sites is 5. The van der Waals surface area contributed by atoms with E-state index in [1.807, 2.05) is 0 Å². The van der Waals surface area contributed by atoms with Gasteiger partial charge in [-0.1, -0.05) is 103 Å². The maximum atomic E-state index is 2.46. The van der Waals surface area contributed by atoms with Crippen LogP contribution in [0.1, 0.15) is 0 Å². The highest BCUT2D eigenvalue weighted by Crippen LogP contribution is 2.41. The Bertz CT molecular complexity index is 3090. The first-order chi connectivity index (χ1) is 24.3. The van der Waals surface area contributed by atoms with E-state index in [1.165, 1.54) is 87.6 Å². The molecule has 49 heavy (non-hydrogen) atoms. The minimum Gasteiger partial charge on any atom is -0.309 e. The third-order valence-corrected chi connectivity index (χ3v) is 10.4. The molecule has 3 heteroatoms. The van der Waals surface area contributed by atoms with E-state index in [4.69, 9.17) is 0 Å². The molecule has 11 rings (SSSR count). The number of aromatic nitrogens is 3. The van der Waals surface area contributed by atoms with Gasteiger partial charge in [-0.2, -0.15) is 0 Å². The first-order valence-electron chi connectivity index (χ1n) is 16.9. The summed E-state index contributed by atoms with van der Waals surface area (Å²) in [5, 5.41) is 10.0. The van der Waals surface area contributed by atoms with E-state index in [-0.39, 0.29) is 0 Å². The molecule has 11 aromatic rings. The molecular formula is C46H29N3. The molecule has 3 nitrogen and oxygen atoms in total. The van der Waals surface area contributed by atoms with Gasteiger partial charge >= 0.3 is 0 Å². The van der Waals surface area contributed by atoms with E-state index in [1.54, 1.807) is 0 Å². The predicted octanol–water partition coefficient (Wildman–Crippen LogP) is 12.1. The van der Waals surface area contributed by atoms with Crippen molar-refractivity contribution in [3.05, 3.63) is 176 Å². The first-order valence-corrected chi connectivity index (χ1v) is 16.9. The number of hydrogen-bond acceptors (Lipinski definition) is 0. The van der Waals surface area contributed by atoms with Crippen LogP contribution in [0.25, 0.3) is 93.3 Å². The molecule has 3 aromatic heterocycles. The summed E-state index contributed by atoms with van der Waals surface area (Å²) in [6.07, 6.45) is 0. The lowest BCUT2D eigenvalue weighted by Crippen LogP contribution is -1.96. The van der Waals surface area contributed by atoms with Crippen molar-refractivity contribution in [1.29, 1.82) is 0 Å². The van der Waals surface area contributed by atoms with E-state index in [0.717, 1.165) is 5.69 Å². The van der Waals surface area contributed by atoms with Crippen molar-refractivity contribution in [2.24, 2.45) is 0 Å². The maximum absolute atomic E-state index is 2.46. The molecule has 8 aromatic carbocycles. The predicted molar refractivity (Wildman–Crippen MR) is 207 cm³/mol. The summed E-state index contributed by atoms with van der Waals surface area (Å²) in [4.78, 5) is 0. The molecule has 0 bridgehead atoms. The highest BCUT2D eigenvalue weighted by molar-refractivity contribution is 6.23. The Morgan fingerprint density at radius 1 is 0.245 bits per heavy atom. The van der Waals surface area contributed by atoms with Gasteiger partial charge in [-0.05, 0) is 78.2 Å². The van der Waals surface area contributed by atoms with Crippen molar-refractivity contribution in [2.75, 3.05) is 0 Å². The monoisotopic (exact) mass is 623 g/mol. The zero-order valence-corrected chi connectivity index (χ0v) is 26.6. The summed E-state index contributed by atoms with van der Waals surface area (Å²) in [5.41, 5.74) is 10.8. The van der Waals surface area contributed by atoms with Crippen LogP contribution in [0.4, 0.5) is 0 Å². The molecule has 0 unspecified atom stereocenters. The van der Waals surface area contributed by atoms with Gasteiger partial charge in [0.2, 0.25) is 0 Å². The Kier molecular flexibility index (Phi) is 5.38. The second-order valence-corrected chi connectivity index (χ2v) is 13.0. The quantitative estimate of drug-likeness (QED) is 0.186. The second-order valence-electron chi connectivity index (χ2n) is 13.0. The van der Waals surface area contributed by atoms with Gasteiger partial charge in [-0.15, -0.1) is 0 Å². The lowest BCUT2D eigenvalue weighted by molar-refractivity contribution is 1.17. The van der Waals surface area contributed by atoms with E-state index in [2.05, 4.69) is 190 Å². The number of rotatable bonds is 3. The zero-order chi connectivity index (χ0) is 32.1. The van der Waals surface area contributed by atoms with Crippen LogP contribution in [-0.4, -0.2) is 13.7 Å². The third kappa shape index (κ3) is 3.67. The summed E-state index contributed by atoms with van der Waals surface area (Å²) in [7, 11) is 0. The normalized spacial score (nSPS) is 12.1. The fourth-order valence-corrected chi connectivity index (χ4v) is 8.33. The van der Waals surface area contributed by atoms with Crippen LogP contribution >= 0.6 is 0 Å². The topological polar surface area (TPSA) is 14.8 Å². The Morgan fingerprint density at radius 3 is 1.39 bits per heavy atom. The number of fused-ring (bicyclic) bond motifs is 11. The fourth-order valence-electron chi connectivity index (χ4n) is 8.33. The minimum absolute atomic E-state index is 1.16. The Labute approximate surface area is 282 Å². The highest BCUT2D eigenvalue weighted by atomic mass is 15.0. The molecule has 0 aliphatic heterocycles. The van der Waals surface area contributed by atoms with Gasteiger partial charge in [0.25, 0.3) is 0 Å². The van der Waals surface area contributed by atoms with Crippen molar-refractivity contribution in [3.63, 3.8) is 0 Å². The molecule has 0 radical (unpaired) electrons. The van der Waals surface area contributed by atoms with Crippen molar-refractivity contribution >= 4 is 76.2 Å². The summed E-state index contributed by atoms with van der Waals surface area (Å²) in [5.74, 6) is 0. The molecule has 0 N–H and O–H groups in total. The summed E-state index contributed by atoms with van der Waals surface area (Å²) in [6, 6.07) is 64.2. The second kappa shape index (κ2) is 9.96. The Morgan fingerprint density at radius 2 is 0.735 bits per heavy atom. The van der Waals surface area contributed by atoms with Gasteiger partial charge in [0, 0.05) is 54.8 Å². The van der Waals surface area contributed by atoms with Crippen molar-refractivity contribution < 1.29 is 0 Å². The van der Waals surface area contributed by atoms with Gasteiger partial charge in [-0.3, -0.25) is 0 Å². The molecule has 0 fully saturated rings. The third-order valence-electron chi connectivity index (χ3n) is 10.4. The smallest absolute Gasteiger partial charge is 0.0620 e. The van der Waals surface area contributed by atoms with Crippen LogP contribution in [0.2, 0.25) is 0 Å². The molecule has 0 amide bonds. The standard InChI is InChI=1S/C46H29N3/c1-3-13-31(14-4-1)47-41-20-10-9-19-36(41)40-28-33(24-26-44(40)47)48-42-21-11-8-18-35(42)39-27-30-23-25-37-34-17-7-12-22-43(34)49(32-15-5-2-6-16-32)46(37)38(30)29-45(39)48/h1-29H. The lowest BCUT2D eigenvalue weighted by Gasteiger charge is -2.12. The van der Waals surface area contributed by atoms with Gasteiger partial charge in [-0.25, -0.2) is 0 Å². The average molecular weight is 624 g/mol. The largest absolute Gasteiger partial charge is 0.309 e. The summed E-state index contributed by atoms with van der Waals surface area (Å²) >= 11 is 0. The fraction of sp³-hybridized carbons (Fsp3) is 0. The van der Waals surface area contributed by atoms with Crippen LogP contribution in [0.5, 0.6) is 0 Å². The van der Waals surface area contributed by atoms with Crippen LogP contribution in [0.15, 0.2) is 176 Å². The minimum atomic E-state index is 1.16. The van der Waals surface area contributed by atoms with Crippen LogP contribution in [0.3, 0.4) is 0 Å². The van der Waals surface area contributed by atoms with E-state index in [9.17, 15) is 0 Å². The average Bonchev–Trinajstić information content (AvgIpc) is 3.80. The summed E-state index contributed by atoms with van der Waals surface area (Å²) < 4.78 is 7.29. The van der Waals surface area contributed by atoms with Crippen molar-refractivity contribution in [2.45, 2.75) is 0 Å². The van der Waals surface area contributed by atoms with E-state index >= 15 is 0 Å². The molecule has 0 spiro atoms. The number of benzene rings is 8. The van der Waals surface area contributed by atoms with Gasteiger partial charge in [0.05, 0.1) is 33.1 Å². The van der Waals surface area contributed by atoms with Gasteiger partial charge in [0.15, 0.2) is 0 Å².